The number of ether oxygens (including phenoxy) is 1. The van der Waals surface area contributed by atoms with E-state index < -0.39 is 0 Å². The van der Waals surface area contributed by atoms with Gasteiger partial charge in [-0.25, -0.2) is 0 Å². The molecule has 0 bridgehead atoms. The maximum absolute atomic E-state index is 12.0. The first-order valence-electron chi connectivity index (χ1n) is 10.1. The Hall–Kier alpha value is -1.46. The van der Waals surface area contributed by atoms with E-state index in [9.17, 15) is 4.79 Å². The van der Waals surface area contributed by atoms with E-state index in [2.05, 4.69) is 35.1 Å². The summed E-state index contributed by atoms with van der Waals surface area (Å²) in [6, 6.07) is 4.14. The van der Waals surface area contributed by atoms with Gasteiger partial charge in [0.05, 0.1) is 11.7 Å². The summed E-state index contributed by atoms with van der Waals surface area (Å²) in [4.78, 5) is 18.7. The van der Waals surface area contributed by atoms with Crippen molar-refractivity contribution < 1.29 is 9.53 Å². The standard InChI is InChI=1S/C21H33N3O2/c1-3-17(2)13-20(25)23-15-19-6-7-21(26-19)8-11-24(12-9-21)16-18-5-4-10-22-14-18/h4-5,10,14,17,19H,3,6-9,11-13,15-16H2,1-2H3,(H,23,25)/t17-,19-/m0/s1. The molecule has 1 aromatic rings. The molecule has 144 valence electrons. The van der Waals surface area contributed by atoms with Gasteiger partial charge in [0.15, 0.2) is 0 Å². The third-order valence-electron chi connectivity index (χ3n) is 5.99. The Kier molecular flexibility index (Phi) is 6.65. The number of nitrogens with zero attached hydrogens (tertiary/aromatic N) is 2. The second kappa shape index (κ2) is 8.96. The van der Waals surface area contributed by atoms with Gasteiger partial charge in [0.2, 0.25) is 5.91 Å². The van der Waals surface area contributed by atoms with Crippen molar-refractivity contribution in [3.8, 4) is 0 Å². The Morgan fingerprint density at radius 2 is 2.23 bits per heavy atom. The molecule has 2 atom stereocenters. The van der Waals surface area contributed by atoms with Crippen molar-refractivity contribution in [3.63, 3.8) is 0 Å². The number of pyridine rings is 1. The summed E-state index contributed by atoms with van der Waals surface area (Å²) >= 11 is 0. The molecular weight excluding hydrogens is 326 g/mol. The van der Waals surface area contributed by atoms with Gasteiger partial charge in [0.25, 0.3) is 0 Å². The molecule has 0 aromatic carbocycles. The molecule has 3 heterocycles. The monoisotopic (exact) mass is 359 g/mol. The maximum atomic E-state index is 12.0. The molecule has 26 heavy (non-hydrogen) atoms. The number of aromatic nitrogens is 1. The summed E-state index contributed by atoms with van der Waals surface area (Å²) in [6.07, 6.45) is 9.99. The summed E-state index contributed by atoms with van der Waals surface area (Å²) in [5.41, 5.74) is 1.31. The lowest BCUT2D eigenvalue weighted by Gasteiger charge is -2.39. The van der Waals surface area contributed by atoms with E-state index in [1.54, 1.807) is 0 Å². The van der Waals surface area contributed by atoms with Gasteiger partial charge in [0.1, 0.15) is 0 Å². The number of hydrogen-bond acceptors (Lipinski definition) is 4. The van der Waals surface area contributed by atoms with Crippen molar-refractivity contribution in [2.45, 2.75) is 70.6 Å². The van der Waals surface area contributed by atoms with Gasteiger partial charge in [0, 0.05) is 45.0 Å². The zero-order valence-corrected chi connectivity index (χ0v) is 16.2. The SMILES string of the molecule is CC[C@H](C)CC(=O)NC[C@@H]1CCC2(CCN(Cc3cccnc3)CC2)O1. The normalized spacial score (nSPS) is 23.8. The molecule has 1 aromatic heterocycles. The van der Waals surface area contributed by atoms with E-state index in [1.807, 2.05) is 18.5 Å². The summed E-state index contributed by atoms with van der Waals surface area (Å²) < 4.78 is 6.42. The smallest absolute Gasteiger partial charge is 0.220 e. The van der Waals surface area contributed by atoms with Gasteiger partial charge < -0.3 is 10.1 Å². The van der Waals surface area contributed by atoms with Crippen LogP contribution in [0.2, 0.25) is 0 Å². The van der Waals surface area contributed by atoms with E-state index in [4.69, 9.17) is 4.74 Å². The summed E-state index contributed by atoms with van der Waals surface area (Å²) in [5.74, 6) is 0.616. The van der Waals surface area contributed by atoms with E-state index >= 15 is 0 Å². The average molecular weight is 360 g/mol. The molecule has 1 amide bonds. The number of nitrogens with one attached hydrogen (secondary N) is 1. The van der Waals surface area contributed by atoms with E-state index in [0.29, 0.717) is 18.9 Å². The summed E-state index contributed by atoms with van der Waals surface area (Å²) in [5, 5.41) is 3.07. The van der Waals surface area contributed by atoms with Gasteiger partial charge in [-0.05, 0) is 43.2 Å². The molecule has 0 radical (unpaired) electrons. The second-order valence-electron chi connectivity index (χ2n) is 8.12. The van der Waals surface area contributed by atoms with Crippen LogP contribution in [0.1, 0.15) is 57.9 Å². The lowest BCUT2D eigenvalue weighted by Crippen LogP contribution is -2.44. The molecule has 5 heteroatoms. The number of hydrogen-bond donors (Lipinski definition) is 1. The Morgan fingerprint density at radius 1 is 1.42 bits per heavy atom. The molecule has 2 saturated heterocycles. The lowest BCUT2D eigenvalue weighted by molar-refractivity contribution is -0.123. The topological polar surface area (TPSA) is 54.5 Å². The molecule has 0 saturated carbocycles. The first-order valence-corrected chi connectivity index (χ1v) is 10.1. The van der Waals surface area contributed by atoms with Gasteiger partial charge in [-0.3, -0.25) is 14.7 Å². The van der Waals surface area contributed by atoms with Crippen LogP contribution >= 0.6 is 0 Å². The molecule has 3 rings (SSSR count). The van der Waals surface area contributed by atoms with Crippen molar-refractivity contribution in [2.75, 3.05) is 19.6 Å². The van der Waals surface area contributed by atoms with Crippen molar-refractivity contribution in [1.82, 2.24) is 15.2 Å². The third kappa shape index (κ3) is 5.27. The van der Waals surface area contributed by atoms with Crippen LogP contribution < -0.4 is 5.32 Å². The van der Waals surface area contributed by atoms with Crippen LogP contribution in [0.3, 0.4) is 0 Å². The number of rotatable bonds is 7. The Labute approximate surface area is 157 Å². The lowest BCUT2D eigenvalue weighted by atomic mass is 9.88. The highest BCUT2D eigenvalue weighted by Gasteiger charge is 2.42. The molecule has 1 spiro atoms. The van der Waals surface area contributed by atoms with Crippen molar-refractivity contribution >= 4 is 5.91 Å². The van der Waals surface area contributed by atoms with Crippen molar-refractivity contribution in [2.24, 2.45) is 5.92 Å². The van der Waals surface area contributed by atoms with Crippen LogP contribution in [0.15, 0.2) is 24.5 Å². The third-order valence-corrected chi connectivity index (χ3v) is 5.99. The zero-order valence-electron chi connectivity index (χ0n) is 16.2. The fourth-order valence-corrected chi connectivity index (χ4v) is 4.04. The zero-order chi connectivity index (χ0) is 18.4. The first-order chi connectivity index (χ1) is 12.6. The van der Waals surface area contributed by atoms with Gasteiger partial charge in [-0.2, -0.15) is 0 Å². The Morgan fingerprint density at radius 3 is 2.92 bits per heavy atom. The quantitative estimate of drug-likeness (QED) is 0.812. The number of likely N-dealkylation sites (tertiary alicyclic amines) is 1. The fraction of sp³-hybridized carbons (Fsp3) is 0.714. The van der Waals surface area contributed by atoms with Crippen LogP contribution in [0, 0.1) is 5.92 Å². The highest BCUT2D eigenvalue weighted by atomic mass is 16.5. The maximum Gasteiger partial charge on any atom is 0.220 e. The highest BCUT2D eigenvalue weighted by Crippen LogP contribution is 2.39. The minimum absolute atomic E-state index is 0.0392. The van der Waals surface area contributed by atoms with Crippen LogP contribution in [0.4, 0.5) is 0 Å². The minimum Gasteiger partial charge on any atom is -0.370 e. The minimum atomic E-state index is 0.0392. The highest BCUT2D eigenvalue weighted by molar-refractivity contribution is 5.76. The molecular formula is C21H33N3O2. The second-order valence-corrected chi connectivity index (χ2v) is 8.12. The average Bonchev–Trinajstić information content (AvgIpc) is 3.06. The molecule has 1 N–H and O–H groups in total. The summed E-state index contributed by atoms with van der Waals surface area (Å²) in [7, 11) is 0. The Bertz CT molecular complexity index is 570. The molecule has 2 aliphatic heterocycles. The predicted octanol–water partition coefficient (Wildman–Crippen LogP) is 3.15. The molecule has 2 aliphatic rings. The van der Waals surface area contributed by atoms with Crippen molar-refractivity contribution in [1.29, 1.82) is 0 Å². The molecule has 2 fully saturated rings. The Balaban J connectivity index is 1.39. The van der Waals surface area contributed by atoms with Crippen LogP contribution in [-0.4, -0.2) is 47.1 Å². The van der Waals surface area contributed by atoms with Gasteiger partial charge in [-0.15, -0.1) is 0 Å². The van der Waals surface area contributed by atoms with Gasteiger partial charge in [-0.1, -0.05) is 26.3 Å². The van der Waals surface area contributed by atoms with E-state index in [-0.39, 0.29) is 17.6 Å². The number of piperidine rings is 1. The largest absolute Gasteiger partial charge is 0.370 e. The van der Waals surface area contributed by atoms with Crippen LogP contribution in [0.5, 0.6) is 0 Å². The van der Waals surface area contributed by atoms with Crippen molar-refractivity contribution in [3.05, 3.63) is 30.1 Å². The number of carbonyl (C=O) groups is 1. The van der Waals surface area contributed by atoms with Gasteiger partial charge >= 0.3 is 0 Å². The first kappa shape index (κ1) is 19.3. The molecule has 0 unspecified atom stereocenters. The molecule has 0 aliphatic carbocycles. The number of carbonyl (C=O) groups excluding carboxylic acids is 1. The fourth-order valence-electron chi connectivity index (χ4n) is 4.04. The van der Waals surface area contributed by atoms with Crippen LogP contribution in [-0.2, 0) is 16.1 Å². The van der Waals surface area contributed by atoms with E-state index in [1.165, 1.54) is 5.56 Å². The molecule has 5 nitrogen and oxygen atoms in total. The number of amides is 1. The van der Waals surface area contributed by atoms with Crippen LogP contribution in [0.25, 0.3) is 0 Å². The predicted molar refractivity (Wildman–Crippen MR) is 103 cm³/mol. The summed E-state index contributed by atoms with van der Waals surface area (Å²) in [6.45, 7) is 8.03. The van der Waals surface area contributed by atoms with E-state index in [0.717, 1.165) is 51.7 Å².